The fourth-order valence-electron chi connectivity index (χ4n) is 1.88. The Labute approximate surface area is 129 Å². The maximum absolute atomic E-state index is 12.3. The van der Waals surface area contributed by atoms with E-state index in [1.807, 2.05) is 0 Å². The minimum atomic E-state index is -0.368. The molecule has 5 nitrogen and oxygen atoms in total. The van der Waals surface area contributed by atoms with Crippen molar-refractivity contribution in [1.82, 2.24) is 8.75 Å². The number of benzene rings is 2. The standard InChI is InChI=1S/C14H10ClN3O2S/c1-7-2-3-8(6-11(7)19)14(20)16-12-9(15)4-5-10-13(12)18-21-17-10/h2-6,19H,1H3,(H,16,20). The summed E-state index contributed by atoms with van der Waals surface area (Å²) in [5.74, 6) is -0.296. The molecule has 2 aromatic carbocycles. The fraction of sp³-hybridized carbons (Fsp3) is 0.0714. The molecule has 0 saturated heterocycles. The van der Waals surface area contributed by atoms with E-state index < -0.39 is 0 Å². The summed E-state index contributed by atoms with van der Waals surface area (Å²) in [4.78, 5) is 12.3. The van der Waals surface area contributed by atoms with Crippen LogP contribution in [0.3, 0.4) is 0 Å². The van der Waals surface area contributed by atoms with Gasteiger partial charge < -0.3 is 10.4 Å². The summed E-state index contributed by atoms with van der Waals surface area (Å²) < 4.78 is 8.25. The molecule has 1 aromatic heterocycles. The lowest BCUT2D eigenvalue weighted by Crippen LogP contribution is -2.12. The van der Waals surface area contributed by atoms with Crippen molar-refractivity contribution in [3.63, 3.8) is 0 Å². The van der Waals surface area contributed by atoms with Crippen LogP contribution in [0.25, 0.3) is 11.0 Å². The van der Waals surface area contributed by atoms with Crippen molar-refractivity contribution in [1.29, 1.82) is 0 Å². The molecule has 0 saturated carbocycles. The van der Waals surface area contributed by atoms with Gasteiger partial charge in [-0.1, -0.05) is 17.7 Å². The summed E-state index contributed by atoms with van der Waals surface area (Å²) in [6.07, 6.45) is 0. The Morgan fingerprint density at radius 2 is 2.10 bits per heavy atom. The van der Waals surface area contributed by atoms with Crippen LogP contribution in [0.15, 0.2) is 30.3 Å². The summed E-state index contributed by atoms with van der Waals surface area (Å²) >= 11 is 7.17. The van der Waals surface area contributed by atoms with Gasteiger partial charge in [0.2, 0.25) is 0 Å². The topological polar surface area (TPSA) is 75.1 Å². The van der Waals surface area contributed by atoms with Crippen molar-refractivity contribution in [2.45, 2.75) is 6.92 Å². The number of fused-ring (bicyclic) bond motifs is 1. The Morgan fingerprint density at radius 3 is 2.86 bits per heavy atom. The molecular formula is C14H10ClN3O2S. The number of nitrogens with zero attached hydrogens (tertiary/aromatic N) is 2. The summed E-state index contributed by atoms with van der Waals surface area (Å²) in [6.45, 7) is 1.76. The molecule has 7 heteroatoms. The van der Waals surface area contributed by atoms with Crippen LogP contribution < -0.4 is 5.32 Å². The number of carbonyl (C=O) groups excluding carboxylic acids is 1. The summed E-state index contributed by atoms with van der Waals surface area (Å²) in [5.41, 5.74) is 2.70. The quantitative estimate of drug-likeness (QED) is 0.756. The molecule has 3 aromatic rings. The third kappa shape index (κ3) is 2.55. The minimum Gasteiger partial charge on any atom is -0.508 e. The SMILES string of the molecule is Cc1ccc(C(=O)Nc2c(Cl)ccc3nsnc23)cc1O. The Kier molecular flexibility index (Phi) is 3.48. The van der Waals surface area contributed by atoms with Crippen molar-refractivity contribution in [3.8, 4) is 5.75 Å². The second-order valence-electron chi connectivity index (χ2n) is 4.51. The predicted molar refractivity (Wildman–Crippen MR) is 83.2 cm³/mol. The van der Waals surface area contributed by atoms with Crippen LogP contribution in [0.4, 0.5) is 5.69 Å². The average molecular weight is 320 g/mol. The number of hydrogen-bond acceptors (Lipinski definition) is 5. The third-order valence-electron chi connectivity index (χ3n) is 3.09. The van der Waals surface area contributed by atoms with Gasteiger partial charge in [0, 0.05) is 5.56 Å². The van der Waals surface area contributed by atoms with Crippen molar-refractivity contribution < 1.29 is 9.90 Å². The number of halogens is 1. The van der Waals surface area contributed by atoms with Gasteiger partial charge in [0.25, 0.3) is 5.91 Å². The minimum absolute atomic E-state index is 0.0716. The molecule has 1 amide bonds. The monoisotopic (exact) mass is 319 g/mol. The van der Waals surface area contributed by atoms with Gasteiger partial charge in [-0.15, -0.1) is 0 Å². The second-order valence-corrected chi connectivity index (χ2v) is 5.45. The molecule has 21 heavy (non-hydrogen) atoms. The number of phenols is 1. The highest BCUT2D eigenvalue weighted by atomic mass is 35.5. The molecule has 106 valence electrons. The molecule has 3 rings (SSSR count). The first kappa shape index (κ1) is 13.8. The van der Waals surface area contributed by atoms with Crippen LogP contribution in [0, 0.1) is 6.92 Å². The van der Waals surface area contributed by atoms with Crippen molar-refractivity contribution in [2.75, 3.05) is 5.32 Å². The number of rotatable bonds is 2. The smallest absolute Gasteiger partial charge is 0.255 e. The highest BCUT2D eigenvalue weighted by Crippen LogP contribution is 2.30. The number of aromatic nitrogens is 2. The van der Waals surface area contributed by atoms with Crippen LogP contribution >= 0.6 is 23.3 Å². The molecule has 0 spiro atoms. The van der Waals surface area contributed by atoms with E-state index in [9.17, 15) is 9.90 Å². The molecule has 0 aliphatic rings. The maximum Gasteiger partial charge on any atom is 0.255 e. The van der Waals surface area contributed by atoms with E-state index in [2.05, 4.69) is 14.1 Å². The van der Waals surface area contributed by atoms with Crippen molar-refractivity contribution >= 4 is 46.0 Å². The number of hydrogen-bond donors (Lipinski definition) is 2. The van der Waals surface area contributed by atoms with Crippen LogP contribution in [0.2, 0.25) is 5.02 Å². The second kappa shape index (κ2) is 5.31. The fourth-order valence-corrected chi connectivity index (χ4v) is 2.62. The first-order valence-electron chi connectivity index (χ1n) is 6.08. The van der Waals surface area contributed by atoms with Gasteiger partial charge in [-0.2, -0.15) is 8.75 Å². The number of carbonyl (C=O) groups is 1. The molecule has 0 bridgehead atoms. The van der Waals surface area contributed by atoms with Crippen LogP contribution in [0.5, 0.6) is 5.75 Å². The molecule has 0 fully saturated rings. The van der Waals surface area contributed by atoms with Gasteiger partial charge >= 0.3 is 0 Å². The molecule has 0 radical (unpaired) electrons. The number of aryl methyl sites for hydroxylation is 1. The molecule has 2 N–H and O–H groups in total. The zero-order valence-electron chi connectivity index (χ0n) is 10.9. The number of nitrogens with one attached hydrogen (secondary N) is 1. The lowest BCUT2D eigenvalue weighted by molar-refractivity contribution is 0.102. The summed E-state index contributed by atoms with van der Waals surface area (Å²) in [7, 11) is 0. The van der Waals surface area contributed by atoms with Gasteiger partial charge in [0.05, 0.1) is 22.4 Å². The lowest BCUT2D eigenvalue weighted by atomic mass is 10.1. The largest absolute Gasteiger partial charge is 0.508 e. The Morgan fingerprint density at radius 1 is 1.29 bits per heavy atom. The summed E-state index contributed by atoms with van der Waals surface area (Å²) in [5, 5.41) is 12.8. The van der Waals surface area contributed by atoms with Crippen LogP contribution in [-0.4, -0.2) is 19.8 Å². The zero-order chi connectivity index (χ0) is 15.0. The van der Waals surface area contributed by atoms with E-state index in [0.29, 0.717) is 32.9 Å². The number of amides is 1. The van der Waals surface area contributed by atoms with Crippen LogP contribution in [-0.2, 0) is 0 Å². The van der Waals surface area contributed by atoms with Gasteiger partial charge in [0.1, 0.15) is 16.8 Å². The maximum atomic E-state index is 12.3. The highest BCUT2D eigenvalue weighted by Gasteiger charge is 2.14. The summed E-state index contributed by atoms with van der Waals surface area (Å²) in [6, 6.07) is 8.13. The lowest BCUT2D eigenvalue weighted by Gasteiger charge is -2.08. The van der Waals surface area contributed by atoms with E-state index in [0.717, 1.165) is 11.7 Å². The van der Waals surface area contributed by atoms with E-state index >= 15 is 0 Å². The molecule has 0 aliphatic heterocycles. The van der Waals surface area contributed by atoms with Gasteiger partial charge in [-0.05, 0) is 36.8 Å². The van der Waals surface area contributed by atoms with Crippen molar-refractivity contribution in [2.24, 2.45) is 0 Å². The third-order valence-corrected chi connectivity index (χ3v) is 3.94. The van der Waals surface area contributed by atoms with E-state index in [4.69, 9.17) is 11.6 Å². The van der Waals surface area contributed by atoms with Crippen molar-refractivity contribution in [3.05, 3.63) is 46.5 Å². The first-order valence-corrected chi connectivity index (χ1v) is 7.19. The predicted octanol–water partition coefficient (Wildman–Crippen LogP) is 3.61. The van der Waals surface area contributed by atoms with Gasteiger partial charge in [-0.3, -0.25) is 4.79 Å². The Bertz CT molecular complexity index is 847. The first-order chi connectivity index (χ1) is 10.1. The number of anilines is 1. The van der Waals surface area contributed by atoms with E-state index in [-0.39, 0.29) is 11.7 Å². The van der Waals surface area contributed by atoms with Gasteiger partial charge in [-0.25, -0.2) is 0 Å². The normalized spacial score (nSPS) is 10.8. The molecule has 1 heterocycles. The van der Waals surface area contributed by atoms with Crippen LogP contribution in [0.1, 0.15) is 15.9 Å². The Balaban J connectivity index is 1.98. The molecular weight excluding hydrogens is 310 g/mol. The number of phenolic OH excluding ortho intramolecular Hbond substituents is 1. The van der Waals surface area contributed by atoms with E-state index in [1.165, 1.54) is 6.07 Å². The van der Waals surface area contributed by atoms with E-state index in [1.54, 1.807) is 31.2 Å². The molecule has 0 aliphatic carbocycles. The molecule has 0 unspecified atom stereocenters. The average Bonchev–Trinajstić information content (AvgIpc) is 2.93. The van der Waals surface area contributed by atoms with Gasteiger partial charge in [0.15, 0.2) is 0 Å². The Hall–Kier alpha value is -2.18. The zero-order valence-corrected chi connectivity index (χ0v) is 12.5. The highest BCUT2D eigenvalue weighted by molar-refractivity contribution is 7.00. The molecule has 0 atom stereocenters. The number of aromatic hydroxyl groups is 1.